The van der Waals surface area contributed by atoms with Crippen molar-refractivity contribution in [1.82, 2.24) is 15.3 Å². The van der Waals surface area contributed by atoms with Crippen LogP contribution in [0.25, 0.3) is 11.0 Å². The molecule has 3 rings (SSSR count). The lowest BCUT2D eigenvalue weighted by molar-refractivity contribution is -0.234. The first-order chi connectivity index (χ1) is 14.2. The molecule has 0 saturated carbocycles. The molecule has 2 heterocycles. The lowest BCUT2D eigenvalue weighted by Crippen LogP contribution is -2.57. The average Bonchev–Trinajstić information content (AvgIpc) is 2.75. The molecule has 1 aliphatic heterocycles. The Hall–Kier alpha value is -3.01. The number of hydrogen-bond acceptors (Lipinski definition) is 8. The standard InChI is InChI=1S/C18H18F3N5O4/c19-18(20,21)14-8-26(7-13(30-14)17(29)25-6-11(28)9-27)12-2-1-10(5-22)15-16(12)24-4-3-23-15/h1-4,11,13-14,27-28H,6-9H2,(H,25,29)/t11-,13-,14+/m1/s1. The van der Waals surface area contributed by atoms with Crippen LogP contribution in [0.5, 0.6) is 0 Å². The zero-order valence-corrected chi connectivity index (χ0v) is 15.5. The highest BCUT2D eigenvalue weighted by atomic mass is 19.4. The van der Waals surface area contributed by atoms with Crippen molar-refractivity contribution in [2.24, 2.45) is 0 Å². The molecule has 1 aromatic heterocycles. The van der Waals surface area contributed by atoms with Gasteiger partial charge in [-0.3, -0.25) is 14.8 Å². The molecule has 1 amide bonds. The predicted octanol–water partition coefficient (Wildman–Crippen LogP) is 0.107. The van der Waals surface area contributed by atoms with E-state index in [4.69, 9.17) is 9.84 Å². The number of anilines is 1. The molecule has 2 aromatic rings. The molecule has 0 bridgehead atoms. The van der Waals surface area contributed by atoms with Crippen LogP contribution in [0, 0.1) is 11.3 Å². The maximum atomic E-state index is 13.4. The van der Waals surface area contributed by atoms with Gasteiger partial charge in [-0.1, -0.05) is 0 Å². The van der Waals surface area contributed by atoms with Crippen molar-refractivity contribution >= 4 is 22.6 Å². The van der Waals surface area contributed by atoms with E-state index >= 15 is 0 Å². The zero-order chi connectivity index (χ0) is 21.9. The summed E-state index contributed by atoms with van der Waals surface area (Å²) >= 11 is 0. The van der Waals surface area contributed by atoms with Gasteiger partial charge in [0.15, 0.2) is 12.2 Å². The van der Waals surface area contributed by atoms with Crippen molar-refractivity contribution in [1.29, 1.82) is 5.26 Å². The van der Waals surface area contributed by atoms with Crippen LogP contribution in [0.2, 0.25) is 0 Å². The van der Waals surface area contributed by atoms with E-state index in [2.05, 4.69) is 15.3 Å². The largest absolute Gasteiger partial charge is 0.416 e. The summed E-state index contributed by atoms with van der Waals surface area (Å²) in [5, 5.41) is 29.7. The Bertz CT molecular complexity index is 965. The molecule has 0 aliphatic carbocycles. The van der Waals surface area contributed by atoms with Crippen LogP contribution in [0.1, 0.15) is 5.56 Å². The summed E-state index contributed by atoms with van der Waals surface area (Å²) in [4.78, 5) is 21.9. The molecule has 3 N–H and O–H groups in total. The highest BCUT2D eigenvalue weighted by molar-refractivity contribution is 5.92. The number of aliphatic hydroxyl groups excluding tert-OH is 2. The summed E-state index contributed by atoms with van der Waals surface area (Å²) in [7, 11) is 0. The number of benzene rings is 1. The van der Waals surface area contributed by atoms with E-state index < -0.39 is 43.5 Å². The molecule has 0 unspecified atom stereocenters. The van der Waals surface area contributed by atoms with Gasteiger partial charge in [-0.2, -0.15) is 18.4 Å². The second-order valence-electron chi connectivity index (χ2n) is 6.64. The number of fused-ring (bicyclic) bond motifs is 1. The van der Waals surface area contributed by atoms with Crippen LogP contribution in [-0.4, -0.2) is 76.8 Å². The highest BCUT2D eigenvalue weighted by Gasteiger charge is 2.47. The van der Waals surface area contributed by atoms with E-state index in [0.29, 0.717) is 0 Å². The number of amides is 1. The minimum absolute atomic E-state index is 0.217. The van der Waals surface area contributed by atoms with Gasteiger partial charge in [-0.15, -0.1) is 0 Å². The molecule has 1 saturated heterocycles. The fraction of sp³-hybridized carbons (Fsp3) is 0.444. The third-order valence-corrected chi connectivity index (χ3v) is 4.55. The molecule has 0 spiro atoms. The van der Waals surface area contributed by atoms with E-state index in [1.165, 1.54) is 29.4 Å². The lowest BCUT2D eigenvalue weighted by Gasteiger charge is -2.39. The highest BCUT2D eigenvalue weighted by Crippen LogP contribution is 2.33. The summed E-state index contributed by atoms with van der Waals surface area (Å²) < 4.78 is 45.3. The molecule has 1 fully saturated rings. The van der Waals surface area contributed by atoms with E-state index in [-0.39, 0.29) is 35.4 Å². The number of aliphatic hydroxyl groups is 2. The maximum Gasteiger partial charge on any atom is 0.416 e. The normalized spacial score (nSPS) is 20.6. The van der Waals surface area contributed by atoms with Gasteiger partial charge < -0.3 is 25.2 Å². The van der Waals surface area contributed by atoms with Gasteiger partial charge in [0, 0.05) is 18.9 Å². The first-order valence-corrected chi connectivity index (χ1v) is 8.92. The van der Waals surface area contributed by atoms with Gasteiger partial charge in [-0.25, -0.2) is 0 Å². The number of nitriles is 1. The van der Waals surface area contributed by atoms with Crippen molar-refractivity contribution in [3.05, 3.63) is 30.1 Å². The first kappa shape index (κ1) is 21.7. The van der Waals surface area contributed by atoms with Gasteiger partial charge in [0.25, 0.3) is 5.91 Å². The molecular weight excluding hydrogens is 407 g/mol. The summed E-state index contributed by atoms with van der Waals surface area (Å²) in [6.45, 7) is -1.74. The van der Waals surface area contributed by atoms with E-state index in [0.717, 1.165) is 0 Å². The van der Waals surface area contributed by atoms with E-state index in [1.807, 2.05) is 6.07 Å². The Kier molecular flexibility index (Phi) is 6.35. The number of hydrogen-bond donors (Lipinski definition) is 3. The molecule has 9 nitrogen and oxygen atoms in total. The van der Waals surface area contributed by atoms with Gasteiger partial charge >= 0.3 is 6.18 Å². The minimum atomic E-state index is -4.73. The van der Waals surface area contributed by atoms with Crippen molar-refractivity contribution in [2.45, 2.75) is 24.5 Å². The quantitative estimate of drug-likeness (QED) is 0.615. The van der Waals surface area contributed by atoms with Crippen LogP contribution in [0.15, 0.2) is 24.5 Å². The SMILES string of the molecule is N#Cc1ccc(N2C[C@@H](C(F)(F)F)O[C@@H](C(=O)NC[C@@H](O)CO)C2)c2nccnc12. The number of alkyl halides is 3. The average molecular weight is 425 g/mol. The fourth-order valence-electron chi connectivity index (χ4n) is 3.07. The number of nitrogens with one attached hydrogen (secondary N) is 1. The summed E-state index contributed by atoms with van der Waals surface area (Å²) in [5.74, 6) is -0.856. The van der Waals surface area contributed by atoms with Crippen LogP contribution >= 0.6 is 0 Å². The molecule has 160 valence electrons. The number of halogens is 3. The van der Waals surface area contributed by atoms with Gasteiger partial charge in [0.2, 0.25) is 0 Å². The minimum Gasteiger partial charge on any atom is -0.394 e. The number of aromatic nitrogens is 2. The molecular formula is C18H18F3N5O4. The Morgan fingerprint density at radius 2 is 2.03 bits per heavy atom. The van der Waals surface area contributed by atoms with Crippen LogP contribution < -0.4 is 10.2 Å². The number of ether oxygens (including phenoxy) is 1. The fourth-order valence-corrected chi connectivity index (χ4v) is 3.07. The summed E-state index contributed by atoms with van der Waals surface area (Å²) in [5.41, 5.74) is 0.964. The molecule has 3 atom stereocenters. The van der Waals surface area contributed by atoms with Crippen LogP contribution in [0.4, 0.5) is 18.9 Å². The molecule has 30 heavy (non-hydrogen) atoms. The summed E-state index contributed by atoms with van der Waals surface area (Å²) in [6, 6.07) is 4.84. The zero-order valence-electron chi connectivity index (χ0n) is 15.5. The van der Waals surface area contributed by atoms with Crippen molar-refractivity contribution in [2.75, 3.05) is 31.1 Å². The van der Waals surface area contributed by atoms with Crippen molar-refractivity contribution in [3.63, 3.8) is 0 Å². The number of nitrogens with zero attached hydrogens (tertiary/aromatic N) is 4. The predicted molar refractivity (Wildman–Crippen MR) is 97.3 cm³/mol. The van der Waals surface area contributed by atoms with E-state index in [1.54, 1.807) is 0 Å². The Labute approximate surface area is 168 Å². The Morgan fingerprint density at radius 3 is 2.67 bits per heavy atom. The smallest absolute Gasteiger partial charge is 0.394 e. The second-order valence-corrected chi connectivity index (χ2v) is 6.64. The van der Waals surface area contributed by atoms with Crippen LogP contribution in [-0.2, 0) is 9.53 Å². The third-order valence-electron chi connectivity index (χ3n) is 4.55. The van der Waals surface area contributed by atoms with Gasteiger partial charge in [0.1, 0.15) is 17.1 Å². The summed E-state index contributed by atoms with van der Waals surface area (Å²) in [6.07, 6.45) is -6.98. The topological polar surface area (TPSA) is 132 Å². The first-order valence-electron chi connectivity index (χ1n) is 8.92. The van der Waals surface area contributed by atoms with Gasteiger partial charge in [0.05, 0.1) is 37.1 Å². The Morgan fingerprint density at radius 1 is 1.33 bits per heavy atom. The number of carbonyl (C=O) groups is 1. The molecule has 1 aliphatic rings. The monoisotopic (exact) mass is 425 g/mol. The molecule has 12 heteroatoms. The molecule has 1 aromatic carbocycles. The van der Waals surface area contributed by atoms with Crippen molar-refractivity contribution < 1.29 is 32.9 Å². The second kappa shape index (κ2) is 8.78. The maximum absolute atomic E-state index is 13.4. The van der Waals surface area contributed by atoms with Crippen molar-refractivity contribution in [3.8, 4) is 6.07 Å². The van der Waals surface area contributed by atoms with Crippen LogP contribution in [0.3, 0.4) is 0 Å². The number of morpholine rings is 1. The number of rotatable bonds is 5. The van der Waals surface area contributed by atoms with E-state index in [9.17, 15) is 28.3 Å². The lowest BCUT2D eigenvalue weighted by atomic mass is 10.1. The molecule has 0 radical (unpaired) electrons. The van der Waals surface area contributed by atoms with Gasteiger partial charge in [-0.05, 0) is 12.1 Å². The Balaban J connectivity index is 1.93. The third kappa shape index (κ3) is 4.59. The number of carbonyl (C=O) groups excluding carboxylic acids is 1.